The molecule has 4 nitrogen and oxygen atoms in total. The SMILES string of the molecule is O=C(O)C1=Cc2cc(Cl)c(OCc3ccccc3)c(Cl)c2OC1C(F)(F)F. The molecule has 0 saturated carbocycles. The molecule has 0 bridgehead atoms. The van der Waals surface area contributed by atoms with Gasteiger partial charge in [-0.05, 0) is 17.7 Å². The van der Waals surface area contributed by atoms with E-state index in [2.05, 4.69) is 0 Å². The summed E-state index contributed by atoms with van der Waals surface area (Å²) < 4.78 is 50.0. The number of carbonyl (C=O) groups is 1. The van der Waals surface area contributed by atoms with Crippen LogP contribution < -0.4 is 9.47 Å². The topological polar surface area (TPSA) is 55.8 Å². The summed E-state index contributed by atoms with van der Waals surface area (Å²) in [7, 11) is 0. The monoisotopic (exact) mass is 418 g/mol. The lowest BCUT2D eigenvalue weighted by molar-refractivity contribution is -0.187. The number of hydrogen-bond acceptors (Lipinski definition) is 3. The minimum Gasteiger partial charge on any atom is -0.486 e. The molecule has 0 spiro atoms. The van der Waals surface area contributed by atoms with E-state index in [1.807, 2.05) is 6.07 Å². The highest BCUT2D eigenvalue weighted by Crippen LogP contribution is 2.47. The second-order valence-corrected chi connectivity index (χ2v) is 6.42. The smallest absolute Gasteiger partial charge is 0.430 e. The third kappa shape index (κ3) is 3.99. The van der Waals surface area contributed by atoms with Crippen molar-refractivity contribution in [1.82, 2.24) is 0 Å². The maximum Gasteiger partial charge on any atom is 0.430 e. The van der Waals surface area contributed by atoms with Gasteiger partial charge in [-0.2, -0.15) is 13.2 Å². The minimum absolute atomic E-state index is 0.0183. The number of ether oxygens (including phenoxy) is 2. The second kappa shape index (κ2) is 7.32. The number of carboxylic acid groups (broad SMARTS) is 1. The van der Waals surface area contributed by atoms with Crippen molar-refractivity contribution in [3.8, 4) is 11.5 Å². The average molecular weight is 419 g/mol. The fourth-order valence-corrected chi connectivity index (χ4v) is 3.16. The van der Waals surface area contributed by atoms with Gasteiger partial charge in [0.05, 0.1) is 10.6 Å². The lowest BCUT2D eigenvalue weighted by atomic mass is 10.0. The molecule has 1 aliphatic heterocycles. The van der Waals surface area contributed by atoms with Crippen LogP contribution in [0.25, 0.3) is 6.08 Å². The molecule has 1 N–H and O–H groups in total. The Kier molecular flexibility index (Phi) is 5.26. The molecule has 0 radical (unpaired) electrons. The summed E-state index contributed by atoms with van der Waals surface area (Å²) in [4.78, 5) is 11.2. The highest BCUT2D eigenvalue weighted by Gasteiger charge is 2.49. The standard InChI is InChI=1S/C18H11Cl2F3O4/c19-12-7-10-6-11(17(24)25)16(18(21,22)23)27-14(10)13(20)15(12)26-8-9-4-2-1-3-5-9/h1-7,16H,8H2,(H,24,25). The summed E-state index contributed by atoms with van der Waals surface area (Å²) >= 11 is 12.3. The third-order valence-electron chi connectivity index (χ3n) is 3.76. The summed E-state index contributed by atoms with van der Waals surface area (Å²) in [5, 5.41) is 8.82. The van der Waals surface area contributed by atoms with Crippen LogP contribution in [0.3, 0.4) is 0 Å². The van der Waals surface area contributed by atoms with Crippen LogP contribution in [-0.2, 0) is 11.4 Å². The molecule has 2 aromatic carbocycles. The first-order chi connectivity index (χ1) is 12.7. The Hall–Kier alpha value is -2.38. The Balaban J connectivity index is 1.99. The van der Waals surface area contributed by atoms with Gasteiger partial charge in [-0.3, -0.25) is 0 Å². The number of fused-ring (bicyclic) bond motifs is 1. The van der Waals surface area contributed by atoms with Crippen molar-refractivity contribution in [2.24, 2.45) is 0 Å². The number of alkyl halides is 3. The molecule has 0 aromatic heterocycles. The van der Waals surface area contributed by atoms with E-state index in [4.69, 9.17) is 37.8 Å². The van der Waals surface area contributed by atoms with Gasteiger partial charge in [0.15, 0.2) is 5.75 Å². The molecule has 1 heterocycles. The predicted octanol–water partition coefficient (Wildman–Crippen LogP) is 5.36. The van der Waals surface area contributed by atoms with Crippen molar-refractivity contribution in [3.05, 3.63) is 63.1 Å². The number of rotatable bonds is 4. The van der Waals surface area contributed by atoms with Crippen LogP contribution in [0.4, 0.5) is 13.2 Å². The van der Waals surface area contributed by atoms with Crippen molar-refractivity contribution in [2.45, 2.75) is 18.9 Å². The van der Waals surface area contributed by atoms with E-state index in [1.54, 1.807) is 24.3 Å². The summed E-state index contributed by atoms with van der Waals surface area (Å²) in [5.74, 6) is -2.13. The minimum atomic E-state index is -4.93. The van der Waals surface area contributed by atoms with E-state index in [9.17, 15) is 18.0 Å². The van der Waals surface area contributed by atoms with E-state index >= 15 is 0 Å². The lowest BCUT2D eigenvalue weighted by Crippen LogP contribution is -2.40. The molecule has 3 rings (SSSR count). The van der Waals surface area contributed by atoms with Crippen molar-refractivity contribution >= 4 is 35.2 Å². The zero-order chi connectivity index (χ0) is 19.8. The number of halogens is 5. The molecule has 1 aliphatic rings. The summed E-state index contributed by atoms with van der Waals surface area (Å²) in [5.41, 5.74) is -0.139. The Bertz CT molecular complexity index is 911. The zero-order valence-corrected chi connectivity index (χ0v) is 14.9. The Labute approximate surface area is 161 Å². The van der Waals surface area contributed by atoms with Gasteiger partial charge in [0.2, 0.25) is 6.10 Å². The van der Waals surface area contributed by atoms with Gasteiger partial charge in [-0.15, -0.1) is 0 Å². The van der Waals surface area contributed by atoms with Gasteiger partial charge >= 0.3 is 12.1 Å². The Morgan fingerprint density at radius 2 is 1.89 bits per heavy atom. The molecule has 142 valence electrons. The first-order valence-corrected chi connectivity index (χ1v) is 8.31. The van der Waals surface area contributed by atoms with E-state index in [0.717, 1.165) is 11.6 Å². The largest absolute Gasteiger partial charge is 0.486 e. The van der Waals surface area contributed by atoms with E-state index < -0.39 is 23.8 Å². The highest BCUT2D eigenvalue weighted by molar-refractivity contribution is 6.38. The van der Waals surface area contributed by atoms with E-state index in [-0.39, 0.29) is 33.7 Å². The molecule has 0 aliphatic carbocycles. The predicted molar refractivity (Wildman–Crippen MR) is 93.3 cm³/mol. The van der Waals surface area contributed by atoms with Crippen molar-refractivity contribution in [3.63, 3.8) is 0 Å². The molecule has 0 saturated heterocycles. The first-order valence-electron chi connectivity index (χ1n) is 7.55. The number of benzene rings is 2. The van der Waals surface area contributed by atoms with Crippen LogP contribution in [0.5, 0.6) is 11.5 Å². The van der Waals surface area contributed by atoms with Gasteiger partial charge in [0.25, 0.3) is 0 Å². The maximum absolute atomic E-state index is 13.2. The number of carboxylic acids is 1. The quantitative estimate of drug-likeness (QED) is 0.725. The molecule has 0 amide bonds. The van der Waals surface area contributed by atoms with Crippen LogP contribution in [0.2, 0.25) is 10.0 Å². The summed E-state index contributed by atoms with van der Waals surface area (Å²) in [6.45, 7) is 0.0813. The molecule has 27 heavy (non-hydrogen) atoms. The molecule has 9 heteroatoms. The number of aliphatic carboxylic acids is 1. The normalized spacial score (nSPS) is 16.2. The van der Waals surface area contributed by atoms with E-state index in [0.29, 0.717) is 0 Å². The summed E-state index contributed by atoms with van der Waals surface area (Å²) in [6, 6.07) is 10.2. The molecule has 0 fully saturated rings. The molecule has 1 atom stereocenters. The highest BCUT2D eigenvalue weighted by atomic mass is 35.5. The fourth-order valence-electron chi connectivity index (χ4n) is 2.53. The second-order valence-electron chi connectivity index (χ2n) is 5.64. The lowest BCUT2D eigenvalue weighted by Gasteiger charge is -2.28. The molecular weight excluding hydrogens is 408 g/mol. The van der Waals surface area contributed by atoms with Crippen LogP contribution in [0, 0.1) is 0 Å². The van der Waals surface area contributed by atoms with Crippen LogP contribution in [0.1, 0.15) is 11.1 Å². The zero-order valence-electron chi connectivity index (χ0n) is 13.4. The Morgan fingerprint density at radius 3 is 2.48 bits per heavy atom. The van der Waals surface area contributed by atoms with Crippen molar-refractivity contribution in [2.75, 3.05) is 0 Å². The number of hydrogen-bond donors (Lipinski definition) is 1. The van der Waals surface area contributed by atoms with Gasteiger partial charge in [0, 0.05) is 5.56 Å². The van der Waals surface area contributed by atoms with Gasteiger partial charge in [-0.25, -0.2) is 4.79 Å². The Morgan fingerprint density at radius 1 is 1.22 bits per heavy atom. The van der Waals surface area contributed by atoms with Gasteiger partial charge in [-0.1, -0.05) is 53.5 Å². The van der Waals surface area contributed by atoms with Crippen molar-refractivity contribution in [1.29, 1.82) is 0 Å². The molecular formula is C18H11Cl2F3O4. The molecule has 2 aromatic rings. The summed E-state index contributed by atoms with van der Waals surface area (Å²) in [6.07, 6.45) is -6.74. The fraction of sp³-hybridized carbons (Fsp3) is 0.167. The van der Waals surface area contributed by atoms with Crippen LogP contribution in [-0.4, -0.2) is 23.4 Å². The maximum atomic E-state index is 13.2. The van der Waals surface area contributed by atoms with Crippen LogP contribution >= 0.6 is 23.2 Å². The molecule has 1 unspecified atom stereocenters. The van der Waals surface area contributed by atoms with Crippen LogP contribution in [0.15, 0.2) is 42.0 Å². The third-order valence-corrected chi connectivity index (χ3v) is 4.38. The van der Waals surface area contributed by atoms with Gasteiger partial charge in [0.1, 0.15) is 17.4 Å². The van der Waals surface area contributed by atoms with Gasteiger partial charge < -0.3 is 14.6 Å². The average Bonchev–Trinajstić information content (AvgIpc) is 2.60. The van der Waals surface area contributed by atoms with E-state index in [1.165, 1.54) is 6.07 Å². The first kappa shape index (κ1) is 19.4. The van der Waals surface area contributed by atoms with Crippen molar-refractivity contribution < 1.29 is 32.5 Å².